The van der Waals surface area contributed by atoms with Crippen LogP contribution in [0.25, 0.3) is 5.70 Å². The molecule has 3 aromatic rings. The highest BCUT2D eigenvalue weighted by atomic mass is 19.4. The predicted molar refractivity (Wildman–Crippen MR) is 156 cm³/mol. The van der Waals surface area contributed by atoms with E-state index in [0.29, 0.717) is 31.9 Å². The normalized spacial score (nSPS) is 16.4. The second-order valence-electron chi connectivity index (χ2n) is 10.4. The van der Waals surface area contributed by atoms with E-state index < -0.39 is 17.6 Å². The van der Waals surface area contributed by atoms with Crippen molar-refractivity contribution < 1.29 is 22.7 Å². The molecule has 0 spiro atoms. The van der Waals surface area contributed by atoms with Crippen LogP contribution in [0, 0.1) is 13.8 Å². The van der Waals surface area contributed by atoms with Gasteiger partial charge in [-0.2, -0.15) is 18.3 Å². The number of amides is 1. The van der Waals surface area contributed by atoms with E-state index in [-0.39, 0.29) is 11.4 Å². The molecule has 0 bridgehead atoms. The van der Waals surface area contributed by atoms with Gasteiger partial charge in [-0.1, -0.05) is 6.07 Å². The average molecular weight is 585 g/mol. The van der Waals surface area contributed by atoms with Gasteiger partial charge in [0, 0.05) is 74.7 Å². The lowest BCUT2D eigenvalue weighted by Gasteiger charge is -2.27. The van der Waals surface area contributed by atoms with Gasteiger partial charge in [0.25, 0.3) is 5.91 Å². The number of hydrazine groups is 2. The van der Waals surface area contributed by atoms with Crippen molar-refractivity contribution >= 4 is 28.7 Å². The number of hydrogen-bond acceptors (Lipinski definition) is 8. The fraction of sp³-hybridized carbons (Fsp3) is 0.379. The maximum absolute atomic E-state index is 14.0. The van der Waals surface area contributed by atoms with Gasteiger partial charge in [-0.05, 0) is 49.7 Å². The van der Waals surface area contributed by atoms with Crippen LogP contribution in [0.5, 0.6) is 0 Å². The summed E-state index contributed by atoms with van der Waals surface area (Å²) in [4.78, 5) is 15.3. The summed E-state index contributed by atoms with van der Waals surface area (Å²) >= 11 is 0. The van der Waals surface area contributed by atoms with Crippen molar-refractivity contribution in [3.8, 4) is 0 Å². The summed E-state index contributed by atoms with van der Waals surface area (Å²) in [7, 11) is 3.72. The Bertz CT molecular complexity index is 1480. The number of carbonyl (C=O) groups excluding carboxylic acids is 1. The zero-order valence-corrected chi connectivity index (χ0v) is 24.0. The van der Waals surface area contributed by atoms with Crippen LogP contribution in [0.2, 0.25) is 0 Å². The Morgan fingerprint density at radius 2 is 1.86 bits per heavy atom. The highest BCUT2D eigenvalue weighted by Gasteiger charge is 2.34. The molecule has 0 saturated carbocycles. The van der Waals surface area contributed by atoms with Crippen LogP contribution in [-0.4, -0.2) is 72.1 Å². The van der Waals surface area contributed by atoms with Gasteiger partial charge in [0.05, 0.1) is 36.4 Å². The summed E-state index contributed by atoms with van der Waals surface area (Å²) in [5.41, 5.74) is 7.23. The maximum atomic E-state index is 14.0. The van der Waals surface area contributed by atoms with Crippen molar-refractivity contribution in [3.63, 3.8) is 0 Å². The van der Waals surface area contributed by atoms with E-state index in [4.69, 9.17) is 4.74 Å². The van der Waals surface area contributed by atoms with E-state index in [2.05, 4.69) is 26.1 Å². The monoisotopic (exact) mass is 584 g/mol. The quantitative estimate of drug-likeness (QED) is 0.363. The van der Waals surface area contributed by atoms with Gasteiger partial charge in [-0.25, -0.2) is 0 Å². The molecule has 10 nitrogen and oxygen atoms in total. The number of hydrogen-bond donors (Lipinski definition) is 3. The zero-order chi connectivity index (χ0) is 30.0. The Hall–Kier alpha value is -4.07. The Morgan fingerprint density at radius 3 is 2.55 bits per heavy atom. The number of nitrogens with one attached hydrogen (secondary N) is 3. The first-order valence-corrected chi connectivity index (χ1v) is 13.7. The van der Waals surface area contributed by atoms with Crippen LogP contribution < -0.4 is 21.1 Å². The molecule has 3 heterocycles. The minimum absolute atomic E-state index is 0.0256. The molecule has 1 saturated heterocycles. The van der Waals surface area contributed by atoms with Crippen LogP contribution in [-0.2, 0) is 18.0 Å². The van der Waals surface area contributed by atoms with Crippen LogP contribution in [0.15, 0.2) is 48.8 Å². The molecule has 1 amide bonds. The molecule has 2 aliphatic rings. The summed E-state index contributed by atoms with van der Waals surface area (Å²) in [5.74, 6) is -0.514. The molecule has 0 radical (unpaired) electrons. The van der Waals surface area contributed by atoms with Gasteiger partial charge >= 0.3 is 6.18 Å². The first kappa shape index (κ1) is 29.4. The summed E-state index contributed by atoms with van der Waals surface area (Å²) in [6, 6.07) is 8.97. The largest absolute Gasteiger partial charge is 0.418 e. The van der Waals surface area contributed by atoms with Crippen molar-refractivity contribution in [2.24, 2.45) is 7.05 Å². The number of ether oxygens (including phenoxy) is 1. The minimum Gasteiger partial charge on any atom is -0.383 e. The van der Waals surface area contributed by atoms with Crippen molar-refractivity contribution in [1.29, 1.82) is 0 Å². The van der Waals surface area contributed by atoms with Crippen molar-refractivity contribution in [2.45, 2.75) is 20.0 Å². The number of halogens is 3. The lowest BCUT2D eigenvalue weighted by atomic mass is 10.1. The van der Waals surface area contributed by atoms with Crippen molar-refractivity contribution in [2.75, 3.05) is 62.1 Å². The number of carbonyl (C=O) groups is 1. The van der Waals surface area contributed by atoms with Gasteiger partial charge in [0.15, 0.2) is 0 Å². The summed E-state index contributed by atoms with van der Waals surface area (Å²) in [6.07, 6.45) is -0.903. The van der Waals surface area contributed by atoms with Gasteiger partial charge in [0.2, 0.25) is 0 Å². The van der Waals surface area contributed by atoms with E-state index in [1.165, 1.54) is 12.1 Å². The highest BCUT2D eigenvalue weighted by Crippen LogP contribution is 2.37. The SMILES string of the molecule is Cc1ccc(C(=O)Nc2ccc(NCCN3CCOCC3)c(C(F)(F)F)c2)cc1N1C=C(c2cnn(C)c2C)NN1C. The molecule has 0 unspecified atom stereocenters. The Labute approximate surface area is 242 Å². The van der Waals surface area contributed by atoms with Gasteiger partial charge in [-0.15, -0.1) is 5.12 Å². The van der Waals surface area contributed by atoms with E-state index in [1.807, 2.05) is 45.2 Å². The molecule has 1 aromatic heterocycles. The number of aromatic nitrogens is 2. The third-order valence-corrected chi connectivity index (χ3v) is 7.53. The molecular formula is C29H35F3N8O2. The number of morpholine rings is 1. The molecule has 2 aromatic carbocycles. The summed E-state index contributed by atoms with van der Waals surface area (Å²) < 4.78 is 49.0. The number of rotatable bonds is 8. The number of aryl methyl sites for hydroxylation is 2. The second-order valence-corrected chi connectivity index (χ2v) is 10.4. The lowest BCUT2D eigenvalue weighted by Crippen LogP contribution is -2.39. The summed E-state index contributed by atoms with van der Waals surface area (Å²) in [6.45, 7) is 7.62. The minimum atomic E-state index is -4.59. The van der Waals surface area contributed by atoms with Crippen LogP contribution in [0.1, 0.15) is 32.7 Å². The molecule has 0 aliphatic carbocycles. The first-order valence-electron chi connectivity index (χ1n) is 13.7. The molecule has 13 heteroatoms. The van der Waals surface area contributed by atoms with Crippen LogP contribution in [0.4, 0.5) is 30.2 Å². The standard InChI is InChI=1S/C29H35F3N8O2/c1-19-5-6-21(15-27(19)40-18-26(36-38(40)4)23-17-34-37(3)20(23)2)28(41)35-22-7-8-25(24(16-22)29(30,31)32)33-9-10-39-11-13-42-14-12-39/h5-8,15-18,33,36H,9-14H2,1-4H3,(H,35,41). The molecular weight excluding hydrogens is 549 g/mol. The fourth-order valence-corrected chi connectivity index (χ4v) is 4.97. The predicted octanol–water partition coefficient (Wildman–Crippen LogP) is 4.22. The molecule has 42 heavy (non-hydrogen) atoms. The van der Waals surface area contributed by atoms with Gasteiger partial charge in [0.1, 0.15) is 0 Å². The smallest absolute Gasteiger partial charge is 0.383 e. The van der Waals surface area contributed by atoms with Crippen LogP contribution in [0.3, 0.4) is 0 Å². The van der Waals surface area contributed by atoms with Crippen molar-refractivity contribution in [1.82, 2.24) is 25.2 Å². The molecule has 3 N–H and O–H groups in total. The number of benzene rings is 2. The second kappa shape index (κ2) is 12.0. The Balaban J connectivity index is 1.31. The van der Waals surface area contributed by atoms with E-state index in [9.17, 15) is 18.0 Å². The van der Waals surface area contributed by atoms with Gasteiger partial charge < -0.3 is 15.4 Å². The Kier molecular flexibility index (Phi) is 8.43. The number of anilines is 3. The Morgan fingerprint density at radius 1 is 1.10 bits per heavy atom. The number of alkyl halides is 3. The molecule has 1 fully saturated rings. The fourth-order valence-electron chi connectivity index (χ4n) is 4.97. The van der Waals surface area contributed by atoms with Gasteiger partial charge in [-0.3, -0.25) is 24.8 Å². The maximum Gasteiger partial charge on any atom is 0.418 e. The molecule has 2 aliphatic heterocycles. The third-order valence-electron chi connectivity index (χ3n) is 7.53. The number of nitrogens with zero attached hydrogens (tertiary/aromatic N) is 5. The van der Waals surface area contributed by atoms with E-state index in [0.717, 1.165) is 47.4 Å². The lowest BCUT2D eigenvalue weighted by molar-refractivity contribution is -0.136. The first-order chi connectivity index (χ1) is 20.0. The third kappa shape index (κ3) is 6.37. The van der Waals surface area contributed by atoms with Crippen LogP contribution >= 0.6 is 0 Å². The van der Waals surface area contributed by atoms with Crippen molar-refractivity contribution in [3.05, 3.63) is 76.7 Å². The summed E-state index contributed by atoms with van der Waals surface area (Å²) in [5, 5.41) is 13.5. The molecule has 0 atom stereocenters. The zero-order valence-electron chi connectivity index (χ0n) is 24.0. The molecule has 224 valence electrons. The van der Waals surface area contributed by atoms with E-state index in [1.54, 1.807) is 28.1 Å². The topological polar surface area (TPSA) is 89.9 Å². The molecule has 5 rings (SSSR count). The highest BCUT2D eigenvalue weighted by molar-refractivity contribution is 6.05. The average Bonchev–Trinajstić information content (AvgIpc) is 3.50. The van der Waals surface area contributed by atoms with E-state index >= 15 is 0 Å².